The van der Waals surface area contributed by atoms with Gasteiger partial charge in [0.1, 0.15) is 11.3 Å². The number of hydrogen-bond acceptors (Lipinski definition) is 8. The standard InChI is InChI=1S/C25H31N7O3S/c1-25(2,3)35-24(34)31-12-10-30(11-13-31)21-7-5-4-6-18(21)28-22(33)20-15-36-23(29-20)32-9-8-17-19(14-32)27-16-26-17/h4-7,15-16H,8-14H2,1-3H3,(H,26,27)(H,28,33). The zero-order chi connectivity index (χ0) is 25.3. The zero-order valence-corrected chi connectivity index (χ0v) is 21.6. The number of rotatable bonds is 4. The summed E-state index contributed by atoms with van der Waals surface area (Å²) < 4.78 is 5.50. The number of carbonyl (C=O) groups is 2. The number of nitrogens with one attached hydrogen (secondary N) is 2. The summed E-state index contributed by atoms with van der Waals surface area (Å²) in [6, 6.07) is 7.73. The first-order valence-electron chi connectivity index (χ1n) is 12.1. The van der Waals surface area contributed by atoms with Gasteiger partial charge < -0.3 is 29.7 Å². The monoisotopic (exact) mass is 509 g/mol. The summed E-state index contributed by atoms with van der Waals surface area (Å²) in [4.78, 5) is 43.7. The van der Waals surface area contributed by atoms with E-state index in [1.807, 2.05) is 45.0 Å². The van der Waals surface area contributed by atoms with Crippen LogP contribution < -0.4 is 15.1 Å². The molecule has 2 aliphatic heterocycles. The predicted molar refractivity (Wildman–Crippen MR) is 140 cm³/mol. The van der Waals surface area contributed by atoms with Gasteiger partial charge in [0.25, 0.3) is 5.91 Å². The summed E-state index contributed by atoms with van der Waals surface area (Å²) in [5.41, 5.74) is 3.73. The number of aromatic amines is 1. The molecule has 0 aliphatic carbocycles. The number of carbonyl (C=O) groups excluding carboxylic acids is 2. The second-order valence-electron chi connectivity index (χ2n) is 9.94. The van der Waals surface area contributed by atoms with Crippen LogP contribution in [-0.4, -0.2) is 70.2 Å². The molecule has 2 aliphatic rings. The van der Waals surface area contributed by atoms with E-state index in [1.165, 1.54) is 11.3 Å². The van der Waals surface area contributed by atoms with Crippen LogP contribution in [0.3, 0.4) is 0 Å². The molecule has 5 rings (SSSR count). The van der Waals surface area contributed by atoms with Gasteiger partial charge in [-0.25, -0.2) is 14.8 Å². The Bertz CT molecular complexity index is 1240. The number of aromatic nitrogens is 3. The normalized spacial score (nSPS) is 16.0. The Hall–Kier alpha value is -3.60. The van der Waals surface area contributed by atoms with Crippen LogP contribution in [-0.2, 0) is 17.7 Å². The molecule has 2 N–H and O–H groups in total. The molecule has 1 saturated heterocycles. The first-order valence-corrected chi connectivity index (χ1v) is 13.0. The Balaban J connectivity index is 1.22. The van der Waals surface area contributed by atoms with Crippen molar-refractivity contribution in [1.82, 2.24) is 19.9 Å². The summed E-state index contributed by atoms with van der Waals surface area (Å²) in [5.74, 6) is -0.239. The van der Waals surface area contributed by atoms with Crippen LogP contribution in [0.4, 0.5) is 21.3 Å². The van der Waals surface area contributed by atoms with E-state index in [1.54, 1.807) is 16.6 Å². The smallest absolute Gasteiger partial charge is 0.410 e. The molecule has 0 unspecified atom stereocenters. The SMILES string of the molecule is CC(C)(C)OC(=O)N1CCN(c2ccccc2NC(=O)c2csc(N3CCc4nc[nH]c4C3)n2)CC1. The number of amides is 2. The lowest BCUT2D eigenvalue weighted by Crippen LogP contribution is -2.50. The minimum Gasteiger partial charge on any atom is -0.444 e. The van der Waals surface area contributed by atoms with E-state index in [2.05, 4.69) is 30.1 Å². The third-order valence-corrected chi connectivity index (χ3v) is 7.10. The minimum absolute atomic E-state index is 0.239. The predicted octanol–water partition coefficient (Wildman–Crippen LogP) is 3.74. The van der Waals surface area contributed by atoms with Crippen LogP contribution in [0.5, 0.6) is 0 Å². The molecule has 2 amide bonds. The number of piperazine rings is 1. The highest BCUT2D eigenvalue weighted by molar-refractivity contribution is 7.13. The molecule has 2 aromatic heterocycles. The van der Waals surface area contributed by atoms with Crippen LogP contribution in [0, 0.1) is 0 Å². The number of fused-ring (bicyclic) bond motifs is 1. The minimum atomic E-state index is -0.517. The summed E-state index contributed by atoms with van der Waals surface area (Å²) >= 11 is 1.47. The van der Waals surface area contributed by atoms with Gasteiger partial charge in [-0.1, -0.05) is 12.1 Å². The molecule has 0 saturated carbocycles. The third-order valence-electron chi connectivity index (χ3n) is 6.19. The molecule has 1 aromatic carbocycles. The van der Waals surface area contributed by atoms with Crippen molar-refractivity contribution in [2.75, 3.05) is 47.8 Å². The van der Waals surface area contributed by atoms with Gasteiger partial charge in [0.15, 0.2) is 5.13 Å². The summed E-state index contributed by atoms with van der Waals surface area (Å²) in [6.45, 7) is 9.55. The van der Waals surface area contributed by atoms with E-state index >= 15 is 0 Å². The van der Waals surface area contributed by atoms with Crippen LogP contribution >= 0.6 is 11.3 Å². The van der Waals surface area contributed by atoms with E-state index in [0.29, 0.717) is 38.4 Å². The van der Waals surface area contributed by atoms with Crippen LogP contribution in [0.15, 0.2) is 36.0 Å². The maximum atomic E-state index is 13.1. The van der Waals surface area contributed by atoms with Gasteiger partial charge in [0.2, 0.25) is 0 Å². The van der Waals surface area contributed by atoms with E-state index in [4.69, 9.17) is 4.74 Å². The number of thiazole rings is 1. The maximum absolute atomic E-state index is 13.1. The lowest BCUT2D eigenvalue weighted by Gasteiger charge is -2.37. The molecule has 11 heteroatoms. The fourth-order valence-corrected chi connectivity index (χ4v) is 5.22. The van der Waals surface area contributed by atoms with Crippen molar-refractivity contribution in [2.45, 2.75) is 39.3 Å². The molecule has 0 bridgehead atoms. The van der Waals surface area contributed by atoms with Crippen LogP contribution in [0.1, 0.15) is 42.6 Å². The Labute approximate surface area is 214 Å². The average Bonchev–Trinajstić information content (AvgIpc) is 3.53. The molecule has 190 valence electrons. The molecule has 0 radical (unpaired) electrons. The lowest BCUT2D eigenvalue weighted by atomic mass is 10.1. The molecule has 10 nitrogen and oxygen atoms in total. The highest BCUT2D eigenvalue weighted by atomic mass is 32.1. The summed E-state index contributed by atoms with van der Waals surface area (Å²) in [6.07, 6.45) is 2.29. The fraction of sp³-hybridized carbons (Fsp3) is 0.440. The highest BCUT2D eigenvalue weighted by Gasteiger charge is 2.27. The number of benzene rings is 1. The van der Waals surface area contributed by atoms with Gasteiger partial charge in [-0.15, -0.1) is 11.3 Å². The highest BCUT2D eigenvalue weighted by Crippen LogP contribution is 2.29. The Kier molecular flexibility index (Phi) is 6.57. The van der Waals surface area contributed by atoms with Crippen molar-refractivity contribution < 1.29 is 14.3 Å². The van der Waals surface area contributed by atoms with Crippen molar-refractivity contribution in [3.8, 4) is 0 Å². The number of hydrogen-bond donors (Lipinski definition) is 2. The first kappa shape index (κ1) is 24.1. The van der Waals surface area contributed by atoms with Crippen LogP contribution in [0.2, 0.25) is 0 Å². The molecule has 1 fully saturated rings. The molecule has 3 aromatic rings. The number of H-pyrrole nitrogens is 1. The molecule has 4 heterocycles. The molecular weight excluding hydrogens is 478 g/mol. The van der Waals surface area contributed by atoms with Gasteiger partial charge in [0.05, 0.1) is 35.6 Å². The van der Waals surface area contributed by atoms with Crippen molar-refractivity contribution in [3.63, 3.8) is 0 Å². The molecule has 0 atom stereocenters. The molecular formula is C25H31N7O3S. The van der Waals surface area contributed by atoms with E-state index in [9.17, 15) is 9.59 Å². The van der Waals surface area contributed by atoms with Crippen LogP contribution in [0.25, 0.3) is 0 Å². The van der Waals surface area contributed by atoms with Gasteiger partial charge in [-0.3, -0.25) is 4.79 Å². The average molecular weight is 510 g/mol. The maximum Gasteiger partial charge on any atom is 0.410 e. The van der Waals surface area contributed by atoms with Crippen molar-refractivity contribution in [3.05, 3.63) is 53.1 Å². The Morgan fingerprint density at radius 3 is 2.64 bits per heavy atom. The quantitative estimate of drug-likeness (QED) is 0.552. The van der Waals surface area contributed by atoms with Crippen molar-refractivity contribution >= 4 is 39.8 Å². The van der Waals surface area contributed by atoms with Gasteiger partial charge in [-0.2, -0.15) is 0 Å². The third kappa shape index (κ3) is 5.30. The number of ether oxygens (including phenoxy) is 1. The van der Waals surface area contributed by atoms with E-state index in [-0.39, 0.29) is 12.0 Å². The summed E-state index contributed by atoms with van der Waals surface area (Å²) in [5, 5.41) is 5.67. The molecule has 0 spiro atoms. The van der Waals surface area contributed by atoms with Gasteiger partial charge >= 0.3 is 6.09 Å². The van der Waals surface area contributed by atoms with Gasteiger partial charge in [-0.05, 0) is 32.9 Å². The van der Waals surface area contributed by atoms with Crippen molar-refractivity contribution in [2.24, 2.45) is 0 Å². The number of imidazole rings is 1. The van der Waals surface area contributed by atoms with Crippen molar-refractivity contribution in [1.29, 1.82) is 0 Å². The largest absolute Gasteiger partial charge is 0.444 e. The number of anilines is 3. The topological polar surface area (TPSA) is 107 Å². The zero-order valence-electron chi connectivity index (χ0n) is 20.8. The lowest BCUT2D eigenvalue weighted by molar-refractivity contribution is 0.0240. The summed E-state index contributed by atoms with van der Waals surface area (Å²) in [7, 11) is 0. The van der Waals surface area contributed by atoms with E-state index < -0.39 is 5.60 Å². The van der Waals surface area contributed by atoms with Gasteiger partial charge in [0, 0.05) is 44.5 Å². The number of para-hydroxylation sites is 2. The Morgan fingerprint density at radius 1 is 1.08 bits per heavy atom. The van der Waals surface area contributed by atoms with E-state index in [0.717, 1.165) is 40.9 Å². The molecule has 36 heavy (non-hydrogen) atoms. The Morgan fingerprint density at radius 2 is 1.86 bits per heavy atom. The first-order chi connectivity index (χ1) is 17.3. The fourth-order valence-electron chi connectivity index (χ4n) is 4.39. The second kappa shape index (κ2) is 9.81. The number of nitrogens with zero attached hydrogens (tertiary/aromatic N) is 5. The second-order valence-corrected chi connectivity index (χ2v) is 10.8.